The SMILES string of the molecule is C1=CCCC=C1.O. The Morgan fingerprint density at radius 1 is 0.857 bits per heavy atom. The average molecular weight is 98.1 g/mol. The van der Waals surface area contributed by atoms with Crippen molar-refractivity contribution in [2.24, 2.45) is 0 Å². The van der Waals surface area contributed by atoms with E-state index in [4.69, 9.17) is 0 Å². The van der Waals surface area contributed by atoms with Gasteiger partial charge in [-0.05, 0) is 12.8 Å². The van der Waals surface area contributed by atoms with Crippen LogP contribution in [0.3, 0.4) is 0 Å². The van der Waals surface area contributed by atoms with E-state index in [1.165, 1.54) is 12.8 Å². The standard InChI is InChI=1S/C6H8.H2O/c1-2-4-6-5-3-1;/h1-4H,5-6H2;1H2. The van der Waals surface area contributed by atoms with Crippen LogP contribution in [0.25, 0.3) is 0 Å². The summed E-state index contributed by atoms with van der Waals surface area (Å²) in [6, 6.07) is 0. The van der Waals surface area contributed by atoms with Crippen LogP contribution >= 0.6 is 0 Å². The van der Waals surface area contributed by atoms with Crippen molar-refractivity contribution in [3.8, 4) is 0 Å². The summed E-state index contributed by atoms with van der Waals surface area (Å²) in [6.07, 6.45) is 11.0. The van der Waals surface area contributed by atoms with Gasteiger partial charge in [-0.1, -0.05) is 24.3 Å². The van der Waals surface area contributed by atoms with E-state index in [1.807, 2.05) is 0 Å². The van der Waals surface area contributed by atoms with Gasteiger partial charge >= 0.3 is 0 Å². The van der Waals surface area contributed by atoms with E-state index in [0.717, 1.165) is 0 Å². The Hall–Kier alpha value is -0.560. The van der Waals surface area contributed by atoms with Gasteiger partial charge in [0.1, 0.15) is 0 Å². The first kappa shape index (κ1) is 6.44. The minimum Gasteiger partial charge on any atom is -0.412 e. The molecule has 0 atom stereocenters. The summed E-state index contributed by atoms with van der Waals surface area (Å²) < 4.78 is 0. The van der Waals surface area contributed by atoms with E-state index < -0.39 is 0 Å². The van der Waals surface area contributed by atoms with Gasteiger partial charge in [0.2, 0.25) is 0 Å². The Morgan fingerprint density at radius 2 is 1.29 bits per heavy atom. The summed E-state index contributed by atoms with van der Waals surface area (Å²) in [5, 5.41) is 0. The summed E-state index contributed by atoms with van der Waals surface area (Å²) in [6.45, 7) is 0. The molecule has 0 radical (unpaired) electrons. The molecule has 0 heterocycles. The Balaban J connectivity index is 0.000000360. The first-order valence-electron chi connectivity index (χ1n) is 2.32. The summed E-state index contributed by atoms with van der Waals surface area (Å²) in [5.74, 6) is 0. The Labute approximate surface area is 43.7 Å². The third kappa shape index (κ3) is 2.18. The van der Waals surface area contributed by atoms with Crippen molar-refractivity contribution in [1.82, 2.24) is 0 Å². The van der Waals surface area contributed by atoms with Crippen molar-refractivity contribution in [2.45, 2.75) is 12.8 Å². The molecule has 0 fully saturated rings. The summed E-state index contributed by atoms with van der Waals surface area (Å²) >= 11 is 0. The van der Waals surface area contributed by atoms with Gasteiger partial charge in [0.25, 0.3) is 0 Å². The quantitative estimate of drug-likeness (QED) is 0.434. The second-order valence-corrected chi connectivity index (χ2v) is 1.43. The highest BCUT2D eigenvalue weighted by Crippen LogP contribution is 1.98. The first-order chi connectivity index (χ1) is 3.00. The van der Waals surface area contributed by atoms with E-state index in [-0.39, 0.29) is 5.48 Å². The molecule has 7 heavy (non-hydrogen) atoms. The van der Waals surface area contributed by atoms with Gasteiger partial charge in [0.05, 0.1) is 0 Å². The van der Waals surface area contributed by atoms with E-state index in [9.17, 15) is 0 Å². The fourth-order valence-corrected chi connectivity index (χ4v) is 0.542. The van der Waals surface area contributed by atoms with Crippen LogP contribution in [0, 0.1) is 0 Å². The predicted molar refractivity (Wildman–Crippen MR) is 31.1 cm³/mol. The molecule has 2 N–H and O–H groups in total. The van der Waals surface area contributed by atoms with Gasteiger partial charge in [-0.15, -0.1) is 0 Å². The molecular formula is C6H10O. The monoisotopic (exact) mass is 98.1 g/mol. The van der Waals surface area contributed by atoms with Crippen molar-refractivity contribution >= 4 is 0 Å². The normalized spacial score (nSPS) is 16.0. The van der Waals surface area contributed by atoms with Crippen LogP contribution in [-0.4, -0.2) is 5.48 Å². The van der Waals surface area contributed by atoms with Gasteiger partial charge in [-0.2, -0.15) is 0 Å². The van der Waals surface area contributed by atoms with Crippen LogP contribution < -0.4 is 0 Å². The average Bonchev–Trinajstić information content (AvgIpc) is 1.72. The van der Waals surface area contributed by atoms with Gasteiger partial charge in [0, 0.05) is 0 Å². The molecule has 0 aliphatic heterocycles. The molecular weight excluding hydrogens is 88.1 g/mol. The first-order valence-corrected chi connectivity index (χ1v) is 2.32. The lowest BCUT2D eigenvalue weighted by molar-refractivity contribution is 0.824. The maximum absolute atomic E-state index is 2.18. The highest BCUT2D eigenvalue weighted by molar-refractivity contribution is 5.07. The second-order valence-electron chi connectivity index (χ2n) is 1.43. The molecule has 0 aromatic heterocycles. The van der Waals surface area contributed by atoms with E-state index in [2.05, 4.69) is 24.3 Å². The third-order valence-corrected chi connectivity index (χ3v) is 0.883. The molecule has 0 saturated carbocycles. The Morgan fingerprint density at radius 3 is 1.43 bits per heavy atom. The third-order valence-electron chi connectivity index (χ3n) is 0.883. The van der Waals surface area contributed by atoms with Crippen LogP contribution in [0.5, 0.6) is 0 Å². The molecule has 1 nitrogen and oxygen atoms in total. The molecule has 1 rings (SSSR count). The highest BCUT2D eigenvalue weighted by atomic mass is 16.0. The minimum absolute atomic E-state index is 0. The molecule has 0 spiro atoms. The summed E-state index contributed by atoms with van der Waals surface area (Å²) in [4.78, 5) is 0. The lowest BCUT2D eigenvalue weighted by Crippen LogP contribution is -1.67. The zero-order chi connectivity index (χ0) is 4.24. The smallest absolute Gasteiger partial charge is 0.0313 e. The van der Waals surface area contributed by atoms with Crippen LogP contribution in [0.1, 0.15) is 12.8 Å². The predicted octanol–water partition coefficient (Wildman–Crippen LogP) is 1.07. The van der Waals surface area contributed by atoms with E-state index >= 15 is 0 Å². The zero-order valence-electron chi connectivity index (χ0n) is 4.22. The van der Waals surface area contributed by atoms with Crippen LogP contribution in [0.4, 0.5) is 0 Å². The zero-order valence-corrected chi connectivity index (χ0v) is 4.22. The van der Waals surface area contributed by atoms with Gasteiger partial charge in [-0.3, -0.25) is 0 Å². The highest BCUT2D eigenvalue weighted by Gasteiger charge is 1.77. The lowest BCUT2D eigenvalue weighted by Gasteiger charge is -1.88. The maximum atomic E-state index is 2.18. The molecule has 0 bridgehead atoms. The van der Waals surface area contributed by atoms with E-state index in [1.54, 1.807) is 0 Å². The summed E-state index contributed by atoms with van der Waals surface area (Å²) in [7, 11) is 0. The summed E-state index contributed by atoms with van der Waals surface area (Å²) in [5.41, 5.74) is 0. The Bertz CT molecular complexity index is 70.2. The molecule has 0 aromatic carbocycles. The number of allylic oxidation sites excluding steroid dienone is 4. The van der Waals surface area contributed by atoms with Gasteiger partial charge in [0.15, 0.2) is 0 Å². The van der Waals surface area contributed by atoms with Crippen molar-refractivity contribution in [1.29, 1.82) is 0 Å². The van der Waals surface area contributed by atoms with Crippen molar-refractivity contribution < 1.29 is 5.48 Å². The molecule has 0 aromatic rings. The molecule has 0 unspecified atom stereocenters. The largest absolute Gasteiger partial charge is 0.412 e. The molecule has 1 heteroatoms. The molecule has 0 amide bonds. The van der Waals surface area contributed by atoms with Crippen molar-refractivity contribution in [3.63, 3.8) is 0 Å². The van der Waals surface area contributed by atoms with Crippen LogP contribution in [-0.2, 0) is 0 Å². The number of hydrogen-bond donors (Lipinski definition) is 0. The molecule has 40 valence electrons. The van der Waals surface area contributed by atoms with Crippen molar-refractivity contribution in [2.75, 3.05) is 0 Å². The van der Waals surface area contributed by atoms with Gasteiger partial charge < -0.3 is 5.48 Å². The number of hydrogen-bond acceptors (Lipinski definition) is 0. The topological polar surface area (TPSA) is 31.5 Å². The lowest BCUT2D eigenvalue weighted by atomic mass is 10.2. The van der Waals surface area contributed by atoms with Crippen LogP contribution in [0.2, 0.25) is 0 Å². The minimum atomic E-state index is 0. The number of rotatable bonds is 0. The molecule has 1 aliphatic rings. The molecule has 0 saturated heterocycles. The van der Waals surface area contributed by atoms with Crippen LogP contribution in [0.15, 0.2) is 24.3 Å². The molecule has 1 aliphatic carbocycles. The fourth-order valence-electron chi connectivity index (χ4n) is 0.542. The van der Waals surface area contributed by atoms with Gasteiger partial charge in [-0.25, -0.2) is 0 Å². The maximum Gasteiger partial charge on any atom is -0.0313 e. The fraction of sp³-hybridized carbons (Fsp3) is 0.333. The second kappa shape index (κ2) is 3.62. The van der Waals surface area contributed by atoms with Crippen molar-refractivity contribution in [3.05, 3.63) is 24.3 Å². The van der Waals surface area contributed by atoms with E-state index in [0.29, 0.717) is 0 Å². The Kier molecular flexibility index (Phi) is 3.33.